The lowest BCUT2D eigenvalue weighted by atomic mass is 10.1. The van der Waals surface area contributed by atoms with Crippen molar-refractivity contribution in [2.75, 3.05) is 5.73 Å². The topological polar surface area (TPSA) is 43.8 Å². The largest absolute Gasteiger partial charge is 0.383 e. The van der Waals surface area contributed by atoms with Gasteiger partial charge in [-0.1, -0.05) is 42.3 Å². The zero-order chi connectivity index (χ0) is 14.0. The summed E-state index contributed by atoms with van der Waals surface area (Å²) < 4.78 is 1.92. The van der Waals surface area contributed by atoms with Gasteiger partial charge >= 0.3 is 0 Å². The molecule has 0 fully saturated rings. The number of nitrogen functional groups attached to an aromatic ring is 1. The maximum absolute atomic E-state index is 6.21. The third-order valence-electron chi connectivity index (χ3n) is 2.91. The molecule has 1 heterocycles. The Kier molecular flexibility index (Phi) is 4.17. The summed E-state index contributed by atoms with van der Waals surface area (Å²) in [6, 6.07) is 5.35. The summed E-state index contributed by atoms with van der Waals surface area (Å²) in [6.45, 7) is 6.38. The van der Waals surface area contributed by atoms with Crippen molar-refractivity contribution in [1.82, 2.24) is 9.55 Å². The van der Waals surface area contributed by atoms with Crippen LogP contribution in [0.15, 0.2) is 30.9 Å². The minimum absolute atomic E-state index is 0.546. The fraction of sp³-hybridized carbons (Fsp3) is 0.214. The lowest BCUT2D eigenvalue weighted by Gasteiger charge is -2.07. The zero-order valence-electron chi connectivity index (χ0n) is 10.7. The monoisotopic (exact) mass is 295 g/mol. The normalized spacial score (nSPS) is 10.7. The van der Waals surface area contributed by atoms with E-state index in [1.807, 2.05) is 11.5 Å². The lowest BCUT2D eigenvalue weighted by Crippen LogP contribution is -2.05. The van der Waals surface area contributed by atoms with Gasteiger partial charge in [0.05, 0.1) is 10.0 Å². The van der Waals surface area contributed by atoms with Crippen molar-refractivity contribution >= 4 is 29.0 Å². The van der Waals surface area contributed by atoms with E-state index in [2.05, 4.69) is 11.6 Å². The first-order valence-electron chi connectivity index (χ1n) is 6.00. The summed E-state index contributed by atoms with van der Waals surface area (Å²) in [7, 11) is 0. The average molecular weight is 296 g/mol. The van der Waals surface area contributed by atoms with Crippen LogP contribution >= 0.6 is 23.2 Å². The van der Waals surface area contributed by atoms with Gasteiger partial charge in [0.25, 0.3) is 0 Å². The van der Waals surface area contributed by atoms with Gasteiger partial charge in [-0.2, -0.15) is 0 Å². The number of hydrogen-bond donors (Lipinski definition) is 1. The first-order chi connectivity index (χ1) is 9.10. The summed E-state index contributed by atoms with van der Waals surface area (Å²) in [5.41, 5.74) is 7.49. The second-order valence-electron chi connectivity index (χ2n) is 4.11. The van der Waals surface area contributed by atoms with Crippen molar-refractivity contribution in [2.45, 2.75) is 19.9 Å². The van der Waals surface area contributed by atoms with Crippen LogP contribution in [0.3, 0.4) is 0 Å². The summed E-state index contributed by atoms with van der Waals surface area (Å²) >= 11 is 12.4. The SMILES string of the molecule is C=CCn1c(CC)nc(-c2c(Cl)cccc2Cl)c1N. The fourth-order valence-corrected chi connectivity index (χ4v) is 2.60. The highest BCUT2D eigenvalue weighted by atomic mass is 35.5. The van der Waals surface area contributed by atoms with E-state index >= 15 is 0 Å². The van der Waals surface area contributed by atoms with Crippen LogP contribution in [-0.4, -0.2) is 9.55 Å². The molecule has 0 saturated heterocycles. The Hall–Kier alpha value is -1.45. The standard InChI is InChI=1S/C14H15Cl2N3/c1-3-8-19-11(4-2)18-13(14(19)17)12-9(15)6-5-7-10(12)16/h3,5-7H,1,4,8,17H2,2H3. The van der Waals surface area contributed by atoms with Crippen molar-refractivity contribution in [3.8, 4) is 11.3 Å². The lowest BCUT2D eigenvalue weighted by molar-refractivity contribution is 0.757. The first kappa shape index (κ1) is 14.0. The van der Waals surface area contributed by atoms with Gasteiger partial charge in [-0.15, -0.1) is 6.58 Å². The third-order valence-corrected chi connectivity index (χ3v) is 3.54. The second-order valence-corrected chi connectivity index (χ2v) is 4.93. The van der Waals surface area contributed by atoms with Crippen LogP contribution in [0.4, 0.5) is 5.82 Å². The maximum Gasteiger partial charge on any atom is 0.132 e. The Morgan fingerprint density at radius 2 is 2.00 bits per heavy atom. The molecule has 3 nitrogen and oxygen atoms in total. The summed E-state index contributed by atoms with van der Waals surface area (Å²) in [5, 5.41) is 1.09. The Morgan fingerprint density at radius 1 is 1.37 bits per heavy atom. The molecule has 2 N–H and O–H groups in total. The van der Waals surface area contributed by atoms with Gasteiger partial charge in [-0.25, -0.2) is 4.98 Å². The van der Waals surface area contributed by atoms with Crippen LogP contribution in [0.2, 0.25) is 10.0 Å². The van der Waals surface area contributed by atoms with Crippen molar-refractivity contribution in [3.63, 3.8) is 0 Å². The van der Waals surface area contributed by atoms with E-state index < -0.39 is 0 Å². The first-order valence-corrected chi connectivity index (χ1v) is 6.75. The van der Waals surface area contributed by atoms with Gasteiger partial charge in [-0.3, -0.25) is 0 Å². The number of rotatable bonds is 4. The molecular formula is C14H15Cl2N3. The molecule has 5 heteroatoms. The molecule has 0 amide bonds. The number of anilines is 1. The molecule has 1 aromatic heterocycles. The van der Waals surface area contributed by atoms with Gasteiger partial charge in [0.2, 0.25) is 0 Å². The Morgan fingerprint density at radius 3 is 2.53 bits per heavy atom. The van der Waals surface area contributed by atoms with Crippen molar-refractivity contribution in [3.05, 3.63) is 46.7 Å². The number of nitrogens with two attached hydrogens (primary N) is 1. The molecule has 1 aromatic carbocycles. The molecule has 0 aliphatic heterocycles. The predicted octanol–water partition coefficient (Wildman–Crippen LogP) is 4.19. The Labute approximate surface area is 122 Å². The maximum atomic E-state index is 6.21. The summed E-state index contributed by atoms with van der Waals surface area (Å²) in [6.07, 6.45) is 2.56. The summed E-state index contributed by atoms with van der Waals surface area (Å²) in [4.78, 5) is 4.56. The Bertz CT molecular complexity index is 597. The molecule has 0 spiro atoms. The molecule has 0 aliphatic rings. The molecule has 0 aliphatic carbocycles. The third kappa shape index (κ3) is 2.48. The molecule has 0 unspecified atom stereocenters. The smallest absolute Gasteiger partial charge is 0.132 e. The van der Waals surface area contributed by atoms with E-state index in [0.29, 0.717) is 33.7 Å². The minimum atomic E-state index is 0.546. The van der Waals surface area contributed by atoms with Crippen LogP contribution in [0, 0.1) is 0 Å². The highest BCUT2D eigenvalue weighted by Gasteiger charge is 2.18. The number of nitrogens with zero attached hydrogens (tertiary/aromatic N) is 2. The van der Waals surface area contributed by atoms with Gasteiger partial charge in [0, 0.05) is 18.5 Å². The van der Waals surface area contributed by atoms with Crippen molar-refractivity contribution < 1.29 is 0 Å². The van der Waals surface area contributed by atoms with Crippen LogP contribution in [0.1, 0.15) is 12.7 Å². The second kappa shape index (κ2) is 5.68. The van der Waals surface area contributed by atoms with E-state index in [4.69, 9.17) is 28.9 Å². The zero-order valence-corrected chi connectivity index (χ0v) is 12.2. The number of halogens is 2. The van der Waals surface area contributed by atoms with E-state index in [1.54, 1.807) is 24.3 Å². The molecule has 0 saturated carbocycles. The highest BCUT2D eigenvalue weighted by Crippen LogP contribution is 2.37. The van der Waals surface area contributed by atoms with Crippen LogP contribution in [0.25, 0.3) is 11.3 Å². The molecule has 2 rings (SSSR count). The van der Waals surface area contributed by atoms with Crippen molar-refractivity contribution in [1.29, 1.82) is 0 Å². The number of allylic oxidation sites excluding steroid dienone is 1. The van der Waals surface area contributed by atoms with E-state index in [9.17, 15) is 0 Å². The van der Waals surface area contributed by atoms with E-state index in [0.717, 1.165) is 12.2 Å². The minimum Gasteiger partial charge on any atom is -0.383 e. The molecular weight excluding hydrogens is 281 g/mol. The molecule has 0 radical (unpaired) electrons. The van der Waals surface area contributed by atoms with Crippen LogP contribution in [0.5, 0.6) is 0 Å². The quantitative estimate of drug-likeness (QED) is 0.860. The van der Waals surface area contributed by atoms with Crippen LogP contribution in [-0.2, 0) is 13.0 Å². The number of aromatic nitrogens is 2. The molecule has 0 bridgehead atoms. The van der Waals surface area contributed by atoms with Gasteiger partial charge < -0.3 is 10.3 Å². The number of aryl methyl sites for hydroxylation is 1. The Balaban J connectivity index is 2.66. The predicted molar refractivity (Wildman–Crippen MR) is 81.7 cm³/mol. The van der Waals surface area contributed by atoms with Gasteiger partial charge in [0.1, 0.15) is 17.3 Å². The summed E-state index contributed by atoms with van der Waals surface area (Å²) in [5.74, 6) is 1.45. The molecule has 0 atom stereocenters. The molecule has 19 heavy (non-hydrogen) atoms. The van der Waals surface area contributed by atoms with E-state index in [1.165, 1.54) is 0 Å². The van der Waals surface area contributed by atoms with Gasteiger partial charge in [0.15, 0.2) is 0 Å². The van der Waals surface area contributed by atoms with Gasteiger partial charge in [-0.05, 0) is 12.1 Å². The number of imidazole rings is 1. The van der Waals surface area contributed by atoms with E-state index in [-0.39, 0.29) is 0 Å². The molecule has 2 aromatic rings. The number of hydrogen-bond acceptors (Lipinski definition) is 2. The van der Waals surface area contributed by atoms with Crippen LogP contribution < -0.4 is 5.73 Å². The van der Waals surface area contributed by atoms with Crippen molar-refractivity contribution in [2.24, 2.45) is 0 Å². The average Bonchev–Trinajstić information content (AvgIpc) is 2.68. The number of benzene rings is 1. The highest BCUT2D eigenvalue weighted by molar-refractivity contribution is 6.39. The fourth-order valence-electron chi connectivity index (χ4n) is 2.02. The molecule has 100 valence electrons.